The van der Waals surface area contributed by atoms with E-state index in [0.29, 0.717) is 0 Å². The van der Waals surface area contributed by atoms with Crippen LogP contribution in [0, 0.1) is 0 Å². The van der Waals surface area contributed by atoms with E-state index in [2.05, 4.69) is 45.8 Å². The molecule has 2 N–H and O–H groups in total. The fourth-order valence-corrected chi connectivity index (χ4v) is 3.40. The van der Waals surface area contributed by atoms with E-state index in [4.69, 9.17) is 5.73 Å². The highest BCUT2D eigenvalue weighted by Gasteiger charge is 2.16. The number of nitrogens with two attached hydrogens (primary N) is 1. The fourth-order valence-electron chi connectivity index (χ4n) is 2.85. The van der Waals surface area contributed by atoms with Gasteiger partial charge in [-0.2, -0.15) is 0 Å². The molecule has 0 saturated carbocycles. The van der Waals surface area contributed by atoms with Crippen molar-refractivity contribution in [2.45, 2.75) is 38.8 Å². The number of nitrogens with zero attached hydrogens (tertiary/aromatic N) is 1. The molecule has 1 unspecified atom stereocenters. The molecule has 0 spiro atoms. The Morgan fingerprint density at radius 3 is 3.06 bits per heavy atom. The van der Waals surface area contributed by atoms with Gasteiger partial charge in [-0.1, -0.05) is 6.07 Å². The Morgan fingerprint density at radius 1 is 1.47 bits per heavy atom. The highest BCUT2D eigenvalue weighted by atomic mass is 79.9. The Hall–Kier alpha value is -0.800. The van der Waals surface area contributed by atoms with Crippen molar-refractivity contribution in [1.29, 1.82) is 0 Å². The van der Waals surface area contributed by atoms with Crippen molar-refractivity contribution < 1.29 is 0 Å². The normalized spacial score (nSPS) is 16.4. The molecule has 1 aliphatic heterocycles. The minimum Gasteiger partial charge on any atom is -0.346 e. The first-order valence-corrected chi connectivity index (χ1v) is 7.00. The zero-order valence-electron chi connectivity index (χ0n) is 10.0. The molecule has 1 aromatic carbocycles. The number of benzene rings is 1. The van der Waals surface area contributed by atoms with Gasteiger partial charge in [-0.05, 0) is 59.3 Å². The Balaban J connectivity index is 2.21. The second-order valence-corrected chi connectivity index (χ2v) is 5.96. The van der Waals surface area contributed by atoms with Crippen LogP contribution >= 0.6 is 15.9 Å². The van der Waals surface area contributed by atoms with E-state index in [0.717, 1.165) is 13.0 Å². The van der Waals surface area contributed by atoms with Crippen LogP contribution < -0.4 is 5.73 Å². The van der Waals surface area contributed by atoms with Gasteiger partial charge in [0.25, 0.3) is 0 Å². The van der Waals surface area contributed by atoms with Gasteiger partial charge in [-0.3, -0.25) is 0 Å². The van der Waals surface area contributed by atoms with Gasteiger partial charge < -0.3 is 10.3 Å². The summed E-state index contributed by atoms with van der Waals surface area (Å²) in [5, 5.41) is 1.35. The monoisotopic (exact) mass is 292 g/mol. The van der Waals surface area contributed by atoms with Crippen LogP contribution in [-0.4, -0.2) is 10.6 Å². The first-order chi connectivity index (χ1) is 8.15. The molecule has 17 heavy (non-hydrogen) atoms. The van der Waals surface area contributed by atoms with Gasteiger partial charge in [-0.15, -0.1) is 0 Å². The molecule has 1 aliphatic rings. The van der Waals surface area contributed by atoms with Crippen molar-refractivity contribution in [3.8, 4) is 0 Å². The van der Waals surface area contributed by atoms with Crippen molar-refractivity contribution in [2.75, 3.05) is 0 Å². The maximum absolute atomic E-state index is 5.90. The lowest BCUT2D eigenvalue weighted by molar-refractivity contribution is 0.634. The minimum atomic E-state index is 0.226. The average molecular weight is 293 g/mol. The van der Waals surface area contributed by atoms with E-state index in [9.17, 15) is 0 Å². The van der Waals surface area contributed by atoms with Crippen LogP contribution in [0.1, 0.15) is 24.5 Å². The predicted molar refractivity (Wildman–Crippen MR) is 75.3 cm³/mol. The van der Waals surface area contributed by atoms with Gasteiger partial charge in [0.05, 0.1) is 5.52 Å². The largest absolute Gasteiger partial charge is 0.346 e. The standard InChI is InChI=1S/C14H17BrN2/c1-9(16)5-10-6-11-3-2-4-17-8-13(15)12(7-10)14(11)17/h6-9H,2-5,16H2,1H3. The third kappa shape index (κ3) is 1.91. The van der Waals surface area contributed by atoms with Gasteiger partial charge in [0.1, 0.15) is 0 Å². The molecule has 1 aromatic heterocycles. The number of rotatable bonds is 2. The van der Waals surface area contributed by atoms with Gasteiger partial charge >= 0.3 is 0 Å². The van der Waals surface area contributed by atoms with E-state index in [1.807, 2.05) is 0 Å². The summed E-state index contributed by atoms with van der Waals surface area (Å²) in [7, 11) is 0. The molecule has 0 radical (unpaired) electrons. The Bertz CT molecular complexity index is 569. The first-order valence-electron chi connectivity index (χ1n) is 6.21. The van der Waals surface area contributed by atoms with Gasteiger partial charge in [-0.25, -0.2) is 0 Å². The van der Waals surface area contributed by atoms with Crippen LogP contribution in [0.2, 0.25) is 0 Å². The van der Waals surface area contributed by atoms with Gasteiger partial charge in [0.2, 0.25) is 0 Å². The van der Waals surface area contributed by atoms with Crippen molar-refractivity contribution in [1.82, 2.24) is 4.57 Å². The van der Waals surface area contributed by atoms with Crippen molar-refractivity contribution in [3.63, 3.8) is 0 Å². The molecule has 2 nitrogen and oxygen atoms in total. The van der Waals surface area contributed by atoms with Crippen LogP contribution in [0.5, 0.6) is 0 Å². The second-order valence-electron chi connectivity index (χ2n) is 5.11. The Kier molecular flexibility index (Phi) is 2.75. The summed E-state index contributed by atoms with van der Waals surface area (Å²) >= 11 is 3.67. The predicted octanol–water partition coefficient (Wildman–Crippen LogP) is 3.24. The van der Waals surface area contributed by atoms with E-state index in [-0.39, 0.29) is 6.04 Å². The van der Waals surface area contributed by atoms with E-state index >= 15 is 0 Å². The highest BCUT2D eigenvalue weighted by molar-refractivity contribution is 9.10. The zero-order valence-corrected chi connectivity index (χ0v) is 11.6. The summed E-state index contributed by atoms with van der Waals surface area (Å²) in [6.07, 6.45) is 5.61. The number of aromatic nitrogens is 1. The smallest absolute Gasteiger partial charge is 0.0524 e. The van der Waals surface area contributed by atoms with Gasteiger partial charge in [0.15, 0.2) is 0 Å². The zero-order chi connectivity index (χ0) is 12.0. The quantitative estimate of drug-likeness (QED) is 0.905. The summed E-state index contributed by atoms with van der Waals surface area (Å²) in [5.74, 6) is 0. The average Bonchev–Trinajstić information content (AvgIpc) is 2.57. The van der Waals surface area contributed by atoms with E-state index < -0.39 is 0 Å². The van der Waals surface area contributed by atoms with Crippen LogP contribution in [0.4, 0.5) is 0 Å². The summed E-state index contributed by atoms with van der Waals surface area (Å²) in [5.41, 5.74) is 10.2. The molecule has 0 saturated heterocycles. The maximum atomic E-state index is 5.90. The summed E-state index contributed by atoms with van der Waals surface area (Å²) in [6.45, 7) is 3.21. The number of hydrogen-bond donors (Lipinski definition) is 1. The molecule has 2 heterocycles. The molecule has 0 aliphatic carbocycles. The Morgan fingerprint density at radius 2 is 2.29 bits per heavy atom. The first kappa shape index (κ1) is 11.3. The van der Waals surface area contributed by atoms with Gasteiger partial charge in [0, 0.05) is 28.6 Å². The van der Waals surface area contributed by atoms with Crippen LogP contribution in [0.3, 0.4) is 0 Å². The molecule has 0 bridgehead atoms. The molecule has 1 atom stereocenters. The van der Waals surface area contributed by atoms with Crippen LogP contribution in [0.25, 0.3) is 10.9 Å². The third-order valence-corrected chi connectivity index (χ3v) is 4.10. The lowest BCUT2D eigenvalue weighted by Crippen LogP contribution is -2.18. The number of hydrogen-bond acceptors (Lipinski definition) is 1. The lowest BCUT2D eigenvalue weighted by atomic mass is 9.97. The molecule has 90 valence electrons. The molecule has 3 rings (SSSR count). The molecular weight excluding hydrogens is 276 g/mol. The fraction of sp³-hybridized carbons (Fsp3) is 0.429. The maximum Gasteiger partial charge on any atom is 0.0524 e. The lowest BCUT2D eigenvalue weighted by Gasteiger charge is -2.17. The summed E-state index contributed by atoms with van der Waals surface area (Å²) < 4.78 is 3.58. The molecular formula is C14H17BrN2. The molecule has 0 fully saturated rings. The van der Waals surface area contributed by atoms with Crippen molar-refractivity contribution in [3.05, 3.63) is 33.9 Å². The van der Waals surface area contributed by atoms with Crippen molar-refractivity contribution >= 4 is 26.8 Å². The Labute approximate surface area is 110 Å². The van der Waals surface area contributed by atoms with E-state index in [1.54, 1.807) is 0 Å². The number of aryl methyl sites for hydroxylation is 2. The molecule has 0 amide bonds. The SMILES string of the molecule is CC(N)Cc1cc2c3c(c1)c(Br)cn3CCC2. The molecule has 2 aromatic rings. The van der Waals surface area contributed by atoms with E-state index in [1.165, 1.54) is 39.3 Å². The van der Waals surface area contributed by atoms with Crippen LogP contribution in [0.15, 0.2) is 22.8 Å². The molecule has 3 heteroatoms. The second kappa shape index (κ2) is 4.14. The topological polar surface area (TPSA) is 30.9 Å². The minimum absolute atomic E-state index is 0.226. The third-order valence-electron chi connectivity index (χ3n) is 3.47. The summed E-state index contributed by atoms with van der Waals surface area (Å²) in [4.78, 5) is 0. The number of halogens is 1. The van der Waals surface area contributed by atoms with Crippen molar-refractivity contribution in [2.24, 2.45) is 5.73 Å². The summed E-state index contributed by atoms with van der Waals surface area (Å²) in [6, 6.07) is 4.85. The van der Waals surface area contributed by atoms with Crippen LogP contribution in [-0.2, 0) is 19.4 Å². The highest BCUT2D eigenvalue weighted by Crippen LogP contribution is 2.33.